The van der Waals surface area contributed by atoms with E-state index in [-0.39, 0.29) is 29.9 Å². The van der Waals surface area contributed by atoms with E-state index in [0.717, 1.165) is 0 Å². The van der Waals surface area contributed by atoms with Crippen molar-refractivity contribution in [2.75, 3.05) is 28.1 Å². The normalized spacial score (nSPS) is 10.8. The Kier molecular flexibility index (Phi) is 7.68. The smallest absolute Gasteiger partial charge is 0.264 e. The zero-order valence-electron chi connectivity index (χ0n) is 18.3. The molecule has 0 aliphatic rings. The maximum absolute atomic E-state index is 12.9. The molecule has 8 nitrogen and oxygen atoms in total. The predicted molar refractivity (Wildman–Crippen MR) is 128 cm³/mol. The highest BCUT2D eigenvalue weighted by Gasteiger charge is 2.23. The minimum Gasteiger partial charge on any atom is -0.484 e. The summed E-state index contributed by atoms with van der Waals surface area (Å²) in [5.74, 6) is -0.154. The van der Waals surface area contributed by atoms with Crippen LogP contribution in [0, 0.1) is 0 Å². The van der Waals surface area contributed by atoms with E-state index in [0.29, 0.717) is 22.8 Å². The fraction of sp³-hybridized carbons (Fsp3) is 0.167. The van der Waals surface area contributed by atoms with Gasteiger partial charge in [-0.2, -0.15) is 0 Å². The van der Waals surface area contributed by atoms with Crippen LogP contribution < -0.4 is 19.7 Å². The maximum atomic E-state index is 12.9. The lowest BCUT2D eigenvalue weighted by molar-refractivity contribution is -0.118. The summed E-state index contributed by atoms with van der Waals surface area (Å²) < 4.78 is 32.7. The number of amides is 2. The van der Waals surface area contributed by atoms with Gasteiger partial charge in [0.2, 0.25) is 5.91 Å². The van der Waals surface area contributed by atoms with E-state index in [2.05, 4.69) is 10.6 Å². The monoisotopic (exact) mass is 467 g/mol. The average Bonchev–Trinajstić information content (AvgIpc) is 2.79. The summed E-state index contributed by atoms with van der Waals surface area (Å²) in [6.45, 7) is 3.19. The summed E-state index contributed by atoms with van der Waals surface area (Å²) in [6.07, 6.45) is 0. The summed E-state index contributed by atoms with van der Waals surface area (Å²) >= 11 is 0. The first-order valence-electron chi connectivity index (χ1n) is 10.3. The van der Waals surface area contributed by atoms with Crippen molar-refractivity contribution in [3.05, 3.63) is 78.9 Å². The van der Waals surface area contributed by atoms with Gasteiger partial charge < -0.3 is 15.4 Å². The van der Waals surface area contributed by atoms with Gasteiger partial charge in [0.15, 0.2) is 6.61 Å². The molecule has 0 aromatic heterocycles. The molecule has 0 heterocycles. The highest BCUT2D eigenvalue weighted by molar-refractivity contribution is 7.92. The highest BCUT2D eigenvalue weighted by atomic mass is 32.2. The van der Waals surface area contributed by atoms with Crippen LogP contribution in [-0.2, 0) is 19.6 Å². The van der Waals surface area contributed by atoms with E-state index in [1.54, 1.807) is 85.8 Å². The number of carbonyl (C=O) groups is 2. The quantitative estimate of drug-likeness (QED) is 0.497. The fourth-order valence-corrected chi connectivity index (χ4v) is 4.64. The standard InChI is InChI=1S/C24H25N3O5S/c1-3-27(33(30,31)23-10-5-4-6-11-23)21-12-14-22(15-13-21)32-17-24(29)26-20-9-7-8-19(16-20)25-18(2)28/h4-16H,3,17H2,1-2H3,(H,25,28)(H,26,29). The third-order valence-electron chi connectivity index (χ3n) is 4.58. The van der Waals surface area contributed by atoms with Crippen molar-refractivity contribution >= 4 is 38.9 Å². The molecule has 9 heteroatoms. The fourth-order valence-electron chi connectivity index (χ4n) is 3.14. The van der Waals surface area contributed by atoms with Crippen LogP contribution in [0.2, 0.25) is 0 Å². The number of ether oxygens (including phenoxy) is 1. The van der Waals surface area contributed by atoms with E-state index in [1.165, 1.54) is 11.2 Å². The molecule has 3 aromatic rings. The molecule has 0 unspecified atom stereocenters. The van der Waals surface area contributed by atoms with Gasteiger partial charge in [0.25, 0.3) is 15.9 Å². The lowest BCUT2D eigenvalue weighted by atomic mass is 10.2. The largest absolute Gasteiger partial charge is 0.484 e. The summed E-state index contributed by atoms with van der Waals surface area (Å²) in [5.41, 5.74) is 1.59. The van der Waals surface area contributed by atoms with Crippen molar-refractivity contribution in [2.24, 2.45) is 0 Å². The van der Waals surface area contributed by atoms with Crippen molar-refractivity contribution in [1.29, 1.82) is 0 Å². The molecule has 33 heavy (non-hydrogen) atoms. The van der Waals surface area contributed by atoms with Gasteiger partial charge in [-0.05, 0) is 61.5 Å². The van der Waals surface area contributed by atoms with Crippen molar-refractivity contribution in [3.63, 3.8) is 0 Å². The van der Waals surface area contributed by atoms with Crippen LogP contribution in [0.1, 0.15) is 13.8 Å². The number of sulfonamides is 1. The average molecular weight is 468 g/mol. The van der Waals surface area contributed by atoms with Crippen molar-refractivity contribution in [2.45, 2.75) is 18.7 Å². The number of nitrogens with zero attached hydrogens (tertiary/aromatic N) is 1. The van der Waals surface area contributed by atoms with Crippen LogP contribution in [-0.4, -0.2) is 33.4 Å². The molecular weight excluding hydrogens is 442 g/mol. The van der Waals surface area contributed by atoms with Crippen LogP contribution in [0.15, 0.2) is 83.8 Å². The molecule has 0 atom stereocenters. The maximum Gasteiger partial charge on any atom is 0.264 e. The molecular formula is C24H25N3O5S. The first-order valence-corrected chi connectivity index (χ1v) is 11.7. The second kappa shape index (κ2) is 10.6. The van der Waals surface area contributed by atoms with Crippen LogP contribution in [0.4, 0.5) is 17.1 Å². The van der Waals surface area contributed by atoms with Crippen molar-refractivity contribution in [3.8, 4) is 5.75 Å². The molecule has 3 rings (SSSR count). The summed E-state index contributed by atoms with van der Waals surface area (Å²) in [6, 6.07) is 21.5. The Morgan fingerprint density at radius 1 is 0.879 bits per heavy atom. The molecule has 0 radical (unpaired) electrons. The topological polar surface area (TPSA) is 105 Å². The third-order valence-corrected chi connectivity index (χ3v) is 6.50. The Morgan fingerprint density at radius 3 is 2.12 bits per heavy atom. The third kappa shape index (κ3) is 6.33. The second-order valence-corrected chi connectivity index (χ2v) is 8.94. The van der Waals surface area contributed by atoms with E-state index in [4.69, 9.17) is 4.74 Å². The van der Waals surface area contributed by atoms with Crippen molar-refractivity contribution < 1.29 is 22.7 Å². The molecule has 0 saturated carbocycles. The summed E-state index contributed by atoms with van der Waals surface area (Å²) in [5, 5.41) is 5.35. The van der Waals surface area contributed by atoms with Gasteiger partial charge in [-0.3, -0.25) is 13.9 Å². The van der Waals surface area contributed by atoms with Crippen molar-refractivity contribution in [1.82, 2.24) is 0 Å². The molecule has 2 amide bonds. The molecule has 0 spiro atoms. The van der Waals surface area contributed by atoms with E-state index in [9.17, 15) is 18.0 Å². The SMILES string of the molecule is CCN(c1ccc(OCC(=O)Nc2cccc(NC(C)=O)c2)cc1)S(=O)(=O)c1ccccc1. The Morgan fingerprint density at radius 2 is 1.52 bits per heavy atom. The molecule has 0 bridgehead atoms. The first-order chi connectivity index (χ1) is 15.8. The van der Waals surface area contributed by atoms with Crippen LogP contribution >= 0.6 is 0 Å². The lowest BCUT2D eigenvalue weighted by Gasteiger charge is -2.23. The number of benzene rings is 3. The number of carbonyl (C=O) groups excluding carboxylic acids is 2. The minimum atomic E-state index is -3.69. The van der Waals surface area contributed by atoms with Gasteiger partial charge in [0.1, 0.15) is 5.75 Å². The van der Waals surface area contributed by atoms with Gasteiger partial charge in [0.05, 0.1) is 10.6 Å². The van der Waals surface area contributed by atoms with Gasteiger partial charge in [-0.1, -0.05) is 24.3 Å². The molecule has 0 aliphatic carbocycles. The van der Waals surface area contributed by atoms with Gasteiger partial charge in [0, 0.05) is 24.8 Å². The van der Waals surface area contributed by atoms with Crippen LogP contribution in [0.25, 0.3) is 0 Å². The molecule has 0 saturated heterocycles. The molecule has 0 fully saturated rings. The molecule has 0 aliphatic heterocycles. The second-order valence-electron chi connectivity index (χ2n) is 7.08. The predicted octanol–water partition coefficient (Wildman–Crippen LogP) is 3.88. The van der Waals surface area contributed by atoms with Crippen LogP contribution in [0.3, 0.4) is 0 Å². The Bertz CT molecular complexity index is 1210. The zero-order valence-corrected chi connectivity index (χ0v) is 19.1. The molecule has 172 valence electrons. The first kappa shape index (κ1) is 23.8. The zero-order chi connectivity index (χ0) is 23.8. The van der Waals surface area contributed by atoms with E-state index < -0.39 is 10.0 Å². The van der Waals surface area contributed by atoms with E-state index >= 15 is 0 Å². The minimum absolute atomic E-state index is 0.205. The number of rotatable bonds is 9. The summed E-state index contributed by atoms with van der Waals surface area (Å²) in [4.78, 5) is 23.6. The summed E-state index contributed by atoms with van der Waals surface area (Å²) in [7, 11) is -3.69. The Labute approximate surface area is 193 Å². The highest BCUT2D eigenvalue weighted by Crippen LogP contribution is 2.25. The van der Waals surface area contributed by atoms with E-state index in [1.807, 2.05) is 0 Å². The number of nitrogens with one attached hydrogen (secondary N) is 2. The lowest BCUT2D eigenvalue weighted by Crippen LogP contribution is -2.30. The number of anilines is 3. The number of hydrogen-bond donors (Lipinski definition) is 2. The Balaban J connectivity index is 1.61. The van der Waals surface area contributed by atoms with Gasteiger partial charge in [-0.15, -0.1) is 0 Å². The van der Waals surface area contributed by atoms with Crippen LogP contribution in [0.5, 0.6) is 5.75 Å². The van der Waals surface area contributed by atoms with Gasteiger partial charge >= 0.3 is 0 Å². The number of hydrogen-bond acceptors (Lipinski definition) is 5. The Hall–Kier alpha value is -3.85. The van der Waals surface area contributed by atoms with Gasteiger partial charge in [-0.25, -0.2) is 8.42 Å². The molecule has 3 aromatic carbocycles. The molecule has 2 N–H and O–H groups in total.